The number of thioether (sulfide) groups is 1. The molecule has 0 aliphatic heterocycles. The molecule has 1 unspecified atom stereocenters. The fourth-order valence-corrected chi connectivity index (χ4v) is 4.31. The van der Waals surface area contributed by atoms with Crippen molar-refractivity contribution in [1.29, 1.82) is 0 Å². The van der Waals surface area contributed by atoms with Crippen molar-refractivity contribution in [3.63, 3.8) is 0 Å². The molecule has 2 heterocycles. The average molecular weight is 453 g/mol. The van der Waals surface area contributed by atoms with Gasteiger partial charge in [0, 0.05) is 17.4 Å². The zero-order chi connectivity index (χ0) is 21.6. The number of amides is 1. The van der Waals surface area contributed by atoms with Gasteiger partial charge in [0.2, 0.25) is 5.91 Å². The molecule has 31 heavy (non-hydrogen) atoms. The predicted molar refractivity (Wildman–Crippen MR) is 129 cm³/mol. The highest BCUT2D eigenvalue weighted by Gasteiger charge is 2.22. The highest BCUT2D eigenvalue weighted by atomic mass is 35.5. The molecule has 7 heteroatoms. The normalized spacial score (nSPS) is 13.2. The van der Waals surface area contributed by atoms with Gasteiger partial charge in [0.05, 0.1) is 29.5 Å². The van der Waals surface area contributed by atoms with Crippen LogP contribution in [0.25, 0.3) is 11.0 Å². The molecule has 0 saturated heterocycles. The first kappa shape index (κ1) is 21.5. The molecule has 2 aromatic carbocycles. The number of halogens is 1. The largest absolute Gasteiger partial charge is 0.346 e. The van der Waals surface area contributed by atoms with Crippen molar-refractivity contribution in [1.82, 2.24) is 19.9 Å². The van der Waals surface area contributed by atoms with E-state index in [9.17, 15) is 4.79 Å². The second-order valence-corrected chi connectivity index (χ2v) is 8.86. The molecular formula is C24H25ClN4OS. The first-order valence-corrected chi connectivity index (χ1v) is 12.0. The van der Waals surface area contributed by atoms with Crippen molar-refractivity contribution >= 4 is 40.3 Å². The van der Waals surface area contributed by atoms with Crippen molar-refractivity contribution in [3.8, 4) is 0 Å². The number of hydrogen-bond acceptors (Lipinski definition) is 3. The Morgan fingerprint density at radius 3 is 2.58 bits per heavy atom. The van der Waals surface area contributed by atoms with E-state index in [-0.39, 0.29) is 18.0 Å². The molecule has 2 atom stereocenters. The molecule has 4 aromatic rings. The summed E-state index contributed by atoms with van der Waals surface area (Å²) in [4.78, 5) is 21.2. The lowest BCUT2D eigenvalue weighted by atomic mass is 10.0. The zero-order valence-electron chi connectivity index (χ0n) is 17.3. The van der Waals surface area contributed by atoms with E-state index in [1.807, 2.05) is 73.1 Å². The van der Waals surface area contributed by atoms with Gasteiger partial charge in [-0.3, -0.25) is 4.79 Å². The van der Waals surface area contributed by atoms with Crippen LogP contribution in [0.2, 0.25) is 5.02 Å². The Morgan fingerprint density at radius 1 is 1.13 bits per heavy atom. The highest BCUT2D eigenvalue weighted by Crippen LogP contribution is 2.25. The van der Waals surface area contributed by atoms with E-state index < -0.39 is 0 Å². The monoisotopic (exact) mass is 452 g/mol. The minimum absolute atomic E-state index is 0.0137. The van der Waals surface area contributed by atoms with Crippen molar-refractivity contribution in [2.75, 3.05) is 12.0 Å². The number of benzene rings is 2. The minimum atomic E-state index is -0.164. The van der Waals surface area contributed by atoms with E-state index in [2.05, 4.69) is 21.1 Å². The number of H-pyrrole nitrogens is 1. The number of imidazole rings is 1. The second-order valence-electron chi connectivity index (χ2n) is 7.44. The number of fused-ring (bicyclic) bond motifs is 1. The molecule has 4 rings (SSSR count). The summed E-state index contributed by atoms with van der Waals surface area (Å²) in [5, 5.41) is 3.90. The topological polar surface area (TPSA) is 62.7 Å². The zero-order valence-corrected chi connectivity index (χ0v) is 18.9. The van der Waals surface area contributed by atoms with Gasteiger partial charge in [0.25, 0.3) is 0 Å². The smallest absolute Gasteiger partial charge is 0.223 e. The SMILES string of the molecule is CSCC[C@@H](NC(=O)CC(c1ccc(Cl)cc1)n1cccc1)c1nc2ccccc2[nH]1. The van der Waals surface area contributed by atoms with Crippen LogP contribution in [0, 0.1) is 0 Å². The molecule has 2 N–H and O–H groups in total. The second kappa shape index (κ2) is 10.1. The third-order valence-electron chi connectivity index (χ3n) is 5.30. The molecule has 160 valence electrons. The van der Waals surface area contributed by atoms with E-state index in [1.54, 1.807) is 11.8 Å². The summed E-state index contributed by atoms with van der Waals surface area (Å²) in [5.74, 6) is 1.72. The fourth-order valence-electron chi connectivity index (χ4n) is 3.72. The molecule has 1 amide bonds. The number of nitrogens with zero attached hydrogens (tertiary/aromatic N) is 2. The summed E-state index contributed by atoms with van der Waals surface area (Å²) in [6.07, 6.45) is 7.17. The molecular weight excluding hydrogens is 428 g/mol. The first-order valence-electron chi connectivity index (χ1n) is 10.2. The first-order chi connectivity index (χ1) is 15.1. The summed E-state index contributed by atoms with van der Waals surface area (Å²) in [6, 6.07) is 19.3. The van der Waals surface area contributed by atoms with Gasteiger partial charge < -0.3 is 14.9 Å². The third-order valence-corrected chi connectivity index (χ3v) is 6.20. The minimum Gasteiger partial charge on any atom is -0.346 e. The van der Waals surface area contributed by atoms with Crippen LogP contribution in [-0.4, -0.2) is 32.5 Å². The number of hydrogen-bond donors (Lipinski definition) is 2. The molecule has 0 radical (unpaired) electrons. The fraction of sp³-hybridized carbons (Fsp3) is 0.250. The van der Waals surface area contributed by atoms with Crippen LogP contribution in [0.3, 0.4) is 0 Å². The van der Waals surface area contributed by atoms with Crippen LogP contribution < -0.4 is 5.32 Å². The number of nitrogens with one attached hydrogen (secondary N) is 2. The van der Waals surface area contributed by atoms with E-state index in [0.29, 0.717) is 11.4 Å². The van der Waals surface area contributed by atoms with Crippen LogP contribution >= 0.6 is 23.4 Å². The maximum atomic E-state index is 13.2. The molecule has 0 aliphatic carbocycles. The maximum Gasteiger partial charge on any atom is 0.223 e. The molecule has 0 fully saturated rings. The van der Waals surface area contributed by atoms with Gasteiger partial charge in [-0.15, -0.1) is 0 Å². The van der Waals surface area contributed by atoms with Crippen LogP contribution in [0.15, 0.2) is 73.1 Å². The Kier molecular flexibility index (Phi) is 6.99. The third kappa shape index (κ3) is 5.32. The Bertz CT molecular complexity index is 1090. The lowest BCUT2D eigenvalue weighted by Crippen LogP contribution is -2.31. The van der Waals surface area contributed by atoms with E-state index in [1.165, 1.54) is 0 Å². The summed E-state index contributed by atoms with van der Waals surface area (Å²) >= 11 is 7.83. The number of rotatable bonds is 9. The van der Waals surface area contributed by atoms with Crippen LogP contribution in [0.1, 0.15) is 36.3 Å². The molecule has 0 saturated carbocycles. The Labute approximate surface area is 191 Å². The summed E-state index contributed by atoms with van der Waals surface area (Å²) in [7, 11) is 0. The average Bonchev–Trinajstić information content (AvgIpc) is 3.45. The van der Waals surface area contributed by atoms with Gasteiger partial charge in [-0.1, -0.05) is 35.9 Å². The van der Waals surface area contributed by atoms with Gasteiger partial charge in [-0.25, -0.2) is 4.98 Å². The number of aromatic nitrogens is 3. The van der Waals surface area contributed by atoms with Gasteiger partial charge in [0.15, 0.2) is 0 Å². The number of aromatic amines is 1. The molecule has 5 nitrogen and oxygen atoms in total. The van der Waals surface area contributed by atoms with E-state index in [0.717, 1.165) is 34.6 Å². The van der Waals surface area contributed by atoms with Gasteiger partial charge >= 0.3 is 0 Å². The van der Waals surface area contributed by atoms with Crippen molar-refractivity contribution in [2.45, 2.75) is 24.9 Å². The van der Waals surface area contributed by atoms with Crippen LogP contribution in [0.5, 0.6) is 0 Å². The van der Waals surface area contributed by atoms with Gasteiger partial charge in [0.1, 0.15) is 5.82 Å². The lowest BCUT2D eigenvalue weighted by Gasteiger charge is -2.22. The van der Waals surface area contributed by atoms with Crippen LogP contribution in [-0.2, 0) is 4.79 Å². The highest BCUT2D eigenvalue weighted by molar-refractivity contribution is 7.98. The molecule has 2 aromatic heterocycles. The maximum absolute atomic E-state index is 13.2. The molecule has 0 aliphatic rings. The summed E-state index contributed by atoms with van der Waals surface area (Å²) < 4.78 is 2.06. The van der Waals surface area contributed by atoms with Gasteiger partial charge in [-0.05, 0) is 60.4 Å². The van der Waals surface area contributed by atoms with Gasteiger partial charge in [-0.2, -0.15) is 11.8 Å². The summed E-state index contributed by atoms with van der Waals surface area (Å²) in [5.41, 5.74) is 2.93. The predicted octanol–water partition coefficient (Wildman–Crippen LogP) is 5.61. The molecule has 0 spiro atoms. The summed E-state index contributed by atoms with van der Waals surface area (Å²) in [6.45, 7) is 0. The van der Waals surface area contributed by atoms with Crippen molar-refractivity contribution < 1.29 is 4.79 Å². The Morgan fingerprint density at radius 2 is 1.87 bits per heavy atom. The van der Waals surface area contributed by atoms with Crippen LogP contribution in [0.4, 0.5) is 0 Å². The molecule has 0 bridgehead atoms. The standard InChI is InChI=1S/C24H25ClN4OS/c1-31-15-12-21(24-27-19-6-2-3-7-20(19)28-24)26-23(30)16-22(29-13-4-5-14-29)17-8-10-18(25)11-9-17/h2-11,13-14,21-22H,12,15-16H2,1H3,(H,26,30)(H,27,28)/t21-,22?/m1/s1. The van der Waals surface area contributed by atoms with Crippen molar-refractivity contribution in [2.24, 2.45) is 0 Å². The number of carbonyl (C=O) groups is 1. The Balaban J connectivity index is 1.54. The number of para-hydroxylation sites is 2. The van der Waals surface area contributed by atoms with E-state index in [4.69, 9.17) is 16.6 Å². The lowest BCUT2D eigenvalue weighted by molar-refractivity contribution is -0.122. The quantitative estimate of drug-likeness (QED) is 0.347. The van der Waals surface area contributed by atoms with E-state index >= 15 is 0 Å². The number of carbonyl (C=O) groups excluding carboxylic acids is 1. The Hall–Kier alpha value is -2.70. The van der Waals surface area contributed by atoms with Crippen molar-refractivity contribution in [3.05, 3.63) is 89.5 Å².